The molecule has 4 N–H and O–H groups in total. The Kier molecular flexibility index (Phi) is 16.8. The highest BCUT2D eigenvalue weighted by Crippen LogP contribution is 2.57. The lowest BCUT2D eigenvalue weighted by atomic mass is 10.1. The van der Waals surface area contributed by atoms with Crippen molar-refractivity contribution in [3.63, 3.8) is 0 Å². The van der Waals surface area contributed by atoms with Crippen molar-refractivity contribution in [2.45, 2.75) is 147 Å². The summed E-state index contributed by atoms with van der Waals surface area (Å²) in [6, 6.07) is 0.885. The van der Waals surface area contributed by atoms with Gasteiger partial charge in [-0.25, -0.2) is 28.9 Å². The Bertz CT molecular complexity index is 2310. The number of carbonyl (C=O) groups excluding carboxylic acids is 1. The van der Waals surface area contributed by atoms with E-state index in [-0.39, 0.29) is 64.7 Å². The van der Waals surface area contributed by atoms with Crippen LogP contribution in [-0.2, 0) is 49.7 Å². The number of aromatic nitrogens is 7. The number of hydrogen-bond donors (Lipinski definition) is 4. The number of nitriles is 1. The highest BCUT2D eigenvalue weighted by atomic mass is 31.2. The molecule has 1 saturated carbocycles. The number of halogens is 1. The summed E-state index contributed by atoms with van der Waals surface area (Å²) in [5.41, 5.74) is -1.23. The van der Waals surface area contributed by atoms with Crippen LogP contribution in [-0.4, -0.2) is 119 Å². The van der Waals surface area contributed by atoms with E-state index in [1.54, 1.807) is 13.8 Å². The third-order valence-electron chi connectivity index (χ3n) is 12.0. The quantitative estimate of drug-likeness (QED) is 0.0602. The predicted octanol–water partition coefficient (Wildman–Crippen LogP) is 6.07. The zero-order valence-electron chi connectivity index (χ0n) is 38.5. The van der Waals surface area contributed by atoms with E-state index in [1.807, 2.05) is 33.8 Å². The third kappa shape index (κ3) is 11.0. The van der Waals surface area contributed by atoms with Gasteiger partial charge >= 0.3 is 33.2 Å². The van der Waals surface area contributed by atoms with Crippen molar-refractivity contribution in [2.24, 2.45) is 11.8 Å². The number of alkyl halides is 1. The normalized spacial score (nSPS) is 27.5. The lowest BCUT2D eigenvalue weighted by Crippen LogP contribution is -2.65. The van der Waals surface area contributed by atoms with Crippen LogP contribution in [0.2, 0.25) is 22.2 Å². The van der Waals surface area contributed by atoms with E-state index in [1.165, 1.54) is 23.5 Å². The lowest BCUT2D eigenvalue weighted by Gasteiger charge is -2.51. The smallest absolute Gasteiger partial charge is 0.414 e. The molecule has 5 heterocycles. The minimum atomic E-state index is -4.91. The molecule has 66 heavy (non-hydrogen) atoms. The number of nitrogens with one attached hydrogen (secondary N) is 3. The maximum absolute atomic E-state index is 16.0. The van der Waals surface area contributed by atoms with Crippen LogP contribution in [0.25, 0.3) is 11.2 Å². The van der Waals surface area contributed by atoms with E-state index in [0.717, 1.165) is 0 Å². The van der Waals surface area contributed by atoms with Crippen molar-refractivity contribution >= 4 is 62.2 Å². The molecular formula is C38H60FN10O13P2Si2+. The highest BCUT2D eigenvalue weighted by Gasteiger charge is 2.63. The molecule has 0 bridgehead atoms. The van der Waals surface area contributed by atoms with Gasteiger partial charge in [-0.15, -0.1) is 9.42 Å². The van der Waals surface area contributed by atoms with Gasteiger partial charge in [-0.2, -0.15) is 10.2 Å². The van der Waals surface area contributed by atoms with Crippen LogP contribution >= 0.6 is 16.1 Å². The Labute approximate surface area is 384 Å². The van der Waals surface area contributed by atoms with Crippen molar-refractivity contribution in [1.29, 1.82) is 5.26 Å². The van der Waals surface area contributed by atoms with E-state index < -0.39 is 113 Å². The van der Waals surface area contributed by atoms with Gasteiger partial charge in [0.2, 0.25) is 17.8 Å². The monoisotopic (exact) mass is 1000 g/mol. The van der Waals surface area contributed by atoms with E-state index in [0.29, 0.717) is 0 Å². The fraction of sp³-hybridized carbons (Fsp3) is 0.737. The second-order valence-corrected chi connectivity index (χ2v) is 29.2. The number of fused-ring (bicyclic) bond motifs is 2. The molecule has 2 aliphatic heterocycles. The first-order chi connectivity index (χ1) is 31.1. The van der Waals surface area contributed by atoms with Crippen molar-refractivity contribution in [3.05, 3.63) is 29.3 Å². The molecule has 364 valence electrons. The van der Waals surface area contributed by atoms with Crippen LogP contribution in [0, 0.1) is 23.2 Å². The first kappa shape index (κ1) is 51.8. The first-order valence-electron chi connectivity index (χ1n) is 21.9. The number of carbonyl (C=O) groups is 1. The average Bonchev–Trinajstić information content (AvgIpc) is 3.89. The fourth-order valence-electron chi connectivity index (χ4n) is 8.64. The average molecular weight is 1000 g/mol. The van der Waals surface area contributed by atoms with Gasteiger partial charge in [0.1, 0.15) is 31.0 Å². The number of anilines is 2. The number of H-pyrrole nitrogens is 1. The van der Waals surface area contributed by atoms with Crippen LogP contribution in [0.3, 0.4) is 0 Å². The van der Waals surface area contributed by atoms with Gasteiger partial charge in [-0.1, -0.05) is 69.2 Å². The van der Waals surface area contributed by atoms with E-state index in [2.05, 4.69) is 68.2 Å². The van der Waals surface area contributed by atoms with E-state index >= 15 is 8.96 Å². The minimum Gasteiger partial charge on any atom is -0.414 e. The number of phosphoric acid groups is 1. The van der Waals surface area contributed by atoms with Crippen molar-refractivity contribution in [1.82, 2.24) is 34.5 Å². The van der Waals surface area contributed by atoms with Crippen molar-refractivity contribution in [3.8, 4) is 6.07 Å². The Hall–Kier alpha value is -3.55. The number of aromatic amines is 1. The molecule has 3 aromatic heterocycles. The van der Waals surface area contributed by atoms with Gasteiger partial charge < -0.3 is 23.0 Å². The standard InChI is InChI=1S/C38H59FN10O13P2Si2/c1-20(2)34(50)47-38-46-33-29(35(51)48-38)44-19-49(33)36-32(31-27(58-36)16-57-65(21(3)4,22(5)6)62-66(61-31,23(7)8)24(9)10)60-64(54,55-13-11-12-40)56-15-25-14-26(28(39)30(25)59-63(52)53)45-37-42-17-41-18-43-37/h17-28,30-32,36H,11,13-16H2,1-10H3,(H3-,41,42,43,45,46,47,48,50,51,52,53)/p+1/t25-,26-,27-,28+,30-,31-,32+,36-,64?/m1/s1. The van der Waals surface area contributed by atoms with Gasteiger partial charge in [0.15, 0.2) is 29.7 Å². The zero-order chi connectivity index (χ0) is 48.3. The Morgan fingerprint density at radius 3 is 2.33 bits per heavy atom. The lowest BCUT2D eigenvalue weighted by molar-refractivity contribution is -0.118. The highest BCUT2D eigenvalue weighted by molar-refractivity contribution is 7.48. The van der Waals surface area contributed by atoms with Crippen LogP contribution in [0.4, 0.5) is 16.3 Å². The molecule has 0 radical (unpaired) electrons. The molecule has 3 fully saturated rings. The molecule has 2 saturated heterocycles. The number of amides is 1. The van der Waals surface area contributed by atoms with Crippen LogP contribution in [0.1, 0.15) is 88.3 Å². The molecule has 1 amide bonds. The van der Waals surface area contributed by atoms with Crippen LogP contribution in [0.5, 0.6) is 0 Å². The minimum absolute atomic E-state index is 0.0234. The molecule has 0 aromatic carbocycles. The molecule has 2 unspecified atom stereocenters. The second-order valence-electron chi connectivity index (χ2n) is 18.0. The molecular weight excluding hydrogens is 942 g/mol. The number of rotatable bonds is 19. The van der Waals surface area contributed by atoms with E-state index in [4.69, 9.17) is 35.8 Å². The number of ether oxygens (including phenoxy) is 1. The fourth-order valence-corrected chi connectivity index (χ4v) is 21.7. The summed E-state index contributed by atoms with van der Waals surface area (Å²) >= 11 is 0. The van der Waals surface area contributed by atoms with Crippen LogP contribution in [0.15, 0.2) is 23.8 Å². The molecule has 10 atom stereocenters. The second kappa shape index (κ2) is 21.4. The number of imidazole rings is 1. The molecule has 0 spiro atoms. The summed E-state index contributed by atoms with van der Waals surface area (Å²) in [7, 11) is -14.8. The molecule has 3 aromatic rings. The Morgan fingerprint density at radius 1 is 1.06 bits per heavy atom. The Morgan fingerprint density at radius 2 is 1.73 bits per heavy atom. The molecule has 28 heteroatoms. The van der Waals surface area contributed by atoms with Gasteiger partial charge in [0.05, 0.1) is 44.7 Å². The summed E-state index contributed by atoms with van der Waals surface area (Å²) in [5, 5.41) is 14.9. The van der Waals surface area contributed by atoms with Gasteiger partial charge in [-0.3, -0.25) is 38.0 Å². The zero-order valence-corrected chi connectivity index (χ0v) is 42.3. The summed E-state index contributed by atoms with van der Waals surface area (Å²) in [4.78, 5) is 59.0. The number of phosphoric ester groups is 1. The van der Waals surface area contributed by atoms with E-state index in [9.17, 15) is 24.3 Å². The van der Waals surface area contributed by atoms with Crippen molar-refractivity contribution in [2.75, 3.05) is 30.5 Å². The third-order valence-corrected chi connectivity index (χ3v) is 24.1. The van der Waals surface area contributed by atoms with Gasteiger partial charge in [0.25, 0.3) is 5.56 Å². The van der Waals surface area contributed by atoms with Crippen molar-refractivity contribution < 1.29 is 59.0 Å². The number of nitrogens with zero attached hydrogens (tertiary/aromatic N) is 7. The topological polar surface area (TPSA) is 295 Å². The summed E-state index contributed by atoms with van der Waals surface area (Å²) in [6.07, 6.45) is -4.92. The summed E-state index contributed by atoms with van der Waals surface area (Å²) in [6.45, 7) is 18.6. The maximum Gasteiger partial charge on any atom is 0.695 e. The predicted molar refractivity (Wildman–Crippen MR) is 239 cm³/mol. The Balaban J connectivity index is 1.45. The summed E-state index contributed by atoms with van der Waals surface area (Å²) < 4.78 is 96.7. The molecule has 23 nitrogen and oxygen atoms in total. The molecule has 6 rings (SSSR count). The summed E-state index contributed by atoms with van der Waals surface area (Å²) in [5.74, 6) is -2.03. The SMILES string of the molecule is CC(C)C(=O)Nc1nc2c(ncn2[C@@H]2O[C@@H]3CO[Si](C(C)C)(C(C)C)O[Si](C(C)C)(C(C)C)O[C@H]3[C@@H]2OP(=O)(OCCC#N)OC[C@H]2C[C@@H](Nc3ncncn3)[C@H](F)[C@@H]2O[P+](=O)O)c(=O)[nH]1. The number of hydrogen-bond acceptors (Lipinski definition) is 19. The first-order valence-corrected chi connectivity index (χ1v) is 28.4. The van der Waals surface area contributed by atoms with Crippen LogP contribution < -0.4 is 16.2 Å². The molecule has 1 aliphatic carbocycles. The maximum atomic E-state index is 16.0. The van der Waals surface area contributed by atoms with Gasteiger partial charge in [0, 0.05) is 16.4 Å². The largest absolute Gasteiger partial charge is 0.695 e. The van der Waals surface area contributed by atoms with Gasteiger partial charge in [-0.05, 0) is 28.6 Å². The molecule has 3 aliphatic rings.